The quantitative estimate of drug-likeness (QED) is 0.631. The molecule has 1 aliphatic rings. The molecule has 0 spiro atoms. The summed E-state index contributed by atoms with van der Waals surface area (Å²) < 4.78 is 0. The number of benzene rings is 3. The molecule has 1 N–H and O–H groups in total. The van der Waals surface area contributed by atoms with E-state index in [0.29, 0.717) is 12.5 Å². The summed E-state index contributed by atoms with van der Waals surface area (Å²) >= 11 is 0. The van der Waals surface area contributed by atoms with Crippen LogP contribution in [-0.4, -0.2) is 12.5 Å². The van der Waals surface area contributed by atoms with Gasteiger partial charge in [-0.2, -0.15) is 0 Å². The van der Waals surface area contributed by atoms with E-state index in [9.17, 15) is 4.79 Å². The van der Waals surface area contributed by atoms with E-state index in [1.165, 1.54) is 11.1 Å². The third kappa shape index (κ3) is 3.80. The molecule has 0 saturated heterocycles. The van der Waals surface area contributed by atoms with Crippen molar-refractivity contribution in [2.75, 3.05) is 6.54 Å². The molecule has 0 radical (unpaired) electrons. The molecule has 136 valence electrons. The van der Waals surface area contributed by atoms with Gasteiger partial charge in [0.15, 0.2) is 0 Å². The average molecular weight is 355 g/mol. The van der Waals surface area contributed by atoms with Gasteiger partial charge < -0.3 is 5.32 Å². The minimum atomic E-state index is -0.295. The fraction of sp³-hybridized carbons (Fsp3) is 0.240. The van der Waals surface area contributed by atoms with Gasteiger partial charge in [-0.05, 0) is 36.0 Å². The standard InChI is InChI=1S/C25H25NO/c27-24(25(17-18-25)22-14-8-3-9-15-22)26-19-16-23(20-10-4-1-5-11-20)21-12-6-2-7-13-21/h1-15,23H,16-19H2,(H,26,27). The second kappa shape index (κ2) is 7.79. The summed E-state index contributed by atoms with van der Waals surface area (Å²) in [7, 11) is 0. The lowest BCUT2D eigenvalue weighted by atomic mass is 9.88. The van der Waals surface area contributed by atoms with Crippen molar-refractivity contribution < 1.29 is 4.79 Å². The number of nitrogens with one attached hydrogen (secondary N) is 1. The van der Waals surface area contributed by atoms with Gasteiger partial charge in [-0.3, -0.25) is 4.79 Å². The highest BCUT2D eigenvalue weighted by Gasteiger charge is 2.50. The van der Waals surface area contributed by atoms with Crippen molar-refractivity contribution in [3.63, 3.8) is 0 Å². The predicted octanol–water partition coefficient (Wildman–Crippen LogP) is 5.06. The summed E-state index contributed by atoms with van der Waals surface area (Å²) in [6.07, 6.45) is 2.79. The fourth-order valence-electron chi connectivity index (χ4n) is 3.92. The Bertz CT molecular complexity index is 830. The van der Waals surface area contributed by atoms with Crippen LogP contribution in [0.4, 0.5) is 0 Å². The number of hydrogen-bond donors (Lipinski definition) is 1. The van der Waals surface area contributed by atoms with Gasteiger partial charge >= 0.3 is 0 Å². The van der Waals surface area contributed by atoms with Gasteiger partial charge in [0, 0.05) is 12.5 Å². The monoisotopic (exact) mass is 355 g/mol. The van der Waals surface area contributed by atoms with Crippen LogP contribution in [0.15, 0.2) is 91.0 Å². The van der Waals surface area contributed by atoms with E-state index in [-0.39, 0.29) is 11.3 Å². The second-order valence-corrected chi connectivity index (χ2v) is 7.37. The third-order valence-corrected chi connectivity index (χ3v) is 5.63. The van der Waals surface area contributed by atoms with E-state index in [2.05, 4.69) is 66.0 Å². The molecule has 3 aromatic carbocycles. The molecule has 0 aromatic heterocycles. The van der Waals surface area contributed by atoms with Crippen LogP contribution in [0.3, 0.4) is 0 Å². The highest BCUT2D eigenvalue weighted by molar-refractivity contribution is 5.91. The maximum atomic E-state index is 12.9. The number of rotatable bonds is 7. The third-order valence-electron chi connectivity index (χ3n) is 5.63. The Morgan fingerprint density at radius 1 is 0.778 bits per heavy atom. The molecule has 2 nitrogen and oxygen atoms in total. The topological polar surface area (TPSA) is 29.1 Å². The number of carbonyl (C=O) groups excluding carboxylic acids is 1. The van der Waals surface area contributed by atoms with E-state index in [1.54, 1.807) is 0 Å². The Hall–Kier alpha value is -2.87. The van der Waals surface area contributed by atoms with Crippen LogP contribution in [0.25, 0.3) is 0 Å². The Kier molecular flexibility index (Phi) is 5.06. The maximum Gasteiger partial charge on any atom is 0.230 e. The largest absolute Gasteiger partial charge is 0.355 e. The summed E-state index contributed by atoms with van der Waals surface area (Å²) in [5.74, 6) is 0.466. The van der Waals surface area contributed by atoms with E-state index in [1.807, 2.05) is 30.3 Å². The zero-order valence-corrected chi connectivity index (χ0v) is 15.5. The summed E-state index contributed by atoms with van der Waals surface area (Å²) in [5.41, 5.74) is 3.44. The van der Waals surface area contributed by atoms with Crippen LogP contribution >= 0.6 is 0 Å². The van der Waals surface area contributed by atoms with Crippen molar-refractivity contribution in [3.8, 4) is 0 Å². The molecule has 27 heavy (non-hydrogen) atoms. The molecule has 2 heteroatoms. The van der Waals surface area contributed by atoms with Gasteiger partial charge in [0.25, 0.3) is 0 Å². The van der Waals surface area contributed by atoms with Gasteiger partial charge in [-0.1, -0.05) is 91.0 Å². The summed E-state index contributed by atoms with van der Waals surface area (Å²) in [6, 6.07) is 31.3. The first kappa shape index (κ1) is 17.5. The van der Waals surface area contributed by atoms with Crippen LogP contribution in [0.5, 0.6) is 0 Å². The first-order valence-corrected chi connectivity index (χ1v) is 9.73. The van der Waals surface area contributed by atoms with Gasteiger partial charge in [-0.25, -0.2) is 0 Å². The molecule has 3 aromatic rings. The van der Waals surface area contributed by atoms with Crippen molar-refractivity contribution in [1.29, 1.82) is 0 Å². The lowest BCUT2D eigenvalue weighted by Crippen LogP contribution is -2.35. The Morgan fingerprint density at radius 3 is 1.74 bits per heavy atom. The number of hydrogen-bond acceptors (Lipinski definition) is 1. The molecular formula is C25H25NO. The summed E-state index contributed by atoms with van der Waals surface area (Å²) in [6.45, 7) is 0.682. The van der Waals surface area contributed by atoms with E-state index < -0.39 is 0 Å². The molecule has 4 rings (SSSR count). The molecule has 0 heterocycles. The zero-order chi connectivity index (χ0) is 18.5. The van der Waals surface area contributed by atoms with E-state index in [0.717, 1.165) is 24.8 Å². The van der Waals surface area contributed by atoms with Crippen molar-refractivity contribution >= 4 is 5.91 Å². The molecule has 1 saturated carbocycles. The normalized spacial score (nSPS) is 14.7. The lowest BCUT2D eigenvalue weighted by molar-refractivity contribution is -0.123. The van der Waals surface area contributed by atoms with Gasteiger partial charge in [0.05, 0.1) is 5.41 Å². The van der Waals surface area contributed by atoms with Crippen molar-refractivity contribution in [1.82, 2.24) is 5.32 Å². The van der Waals surface area contributed by atoms with Crippen LogP contribution in [0.2, 0.25) is 0 Å². The van der Waals surface area contributed by atoms with Gasteiger partial charge in [-0.15, -0.1) is 0 Å². The minimum Gasteiger partial charge on any atom is -0.355 e. The second-order valence-electron chi connectivity index (χ2n) is 7.37. The van der Waals surface area contributed by atoms with E-state index in [4.69, 9.17) is 0 Å². The minimum absolute atomic E-state index is 0.175. The Balaban J connectivity index is 1.44. The summed E-state index contributed by atoms with van der Waals surface area (Å²) in [5, 5.41) is 3.21. The Labute approximate surface area is 161 Å². The highest BCUT2D eigenvalue weighted by atomic mass is 16.2. The van der Waals surface area contributed by atoms with Crippen molar-refractivity contribution in [2.45, 2.75) is 30.6 Å². The van der Waals surface area contributed by atoms with Gasteiger partial charge in [0.1, 0.15) is 0 Å². The molecule has 1 aliphatic carbocycles. The maximum absolute atomic E-state index is 12.9. The van der Waals surface area contributed by atoms with Crippen molar-refractivity contribution in [3.05, 3.63) is 108 Å². The van der Waals surface area contributed by atoms with Crippen LogP contribution in [0, 0.1) is 0 Å². The first-order chi connectivity index (χ1) is 13.3. The molecule has 1 amide bonds. The van der Waals surface area contributed by atoms with Gasteiger partial charge in [0.2, 0.25) is 5.91 Å². The molecule has 1 fully saturated rings. The molecule has 0 atom stereocenters. The molecule has 0 bridgehead atoms. The summed E-state index contributed by atoms with van der Waals surface area (Å²) in [4.78, 5) is 12.9. The SMILES string of the molecule is O=C(NCCC(c1ccccc1)c1ccccc1)C1(c2ccccc2)CC1. The Morgan fingerprint density at radius 2 is 1.26 bits per heavy atom. The first-order valence-electron chi connectivity index (χ1n) is 9.73. The van der Waals surface area contributed by atoms with E-state index >= 15 is 0 Å². The predicted molar refractivity (Wildman–Crippen MR) is 110 cm³/mol. The average Bonchev–Trinajstić information content (AvgIpc) is 3.55. The number of amides is 1. The molecule has 0 unspecified atom stereocenters. The van der Waals surface area contributed by atoms with Crippen LogP contribution in [-0.2, 0) is 10.2 Å². The molecule has 0 aliphatic heterocycles. The van der Waals surface area contributed by atoms with Crippen molar-refractivity contribution in [2.24, 2.45) is 0 Å². The zero-order valence-electron chi connectivity index (χ0n) is 15.5. The highest BCUT2D eigenvalue weighted by Crippen LogP contribution is 2.48. The lowest BCUT2D eigenvalue weighted by Gasteiger charge is -2.20. The van der Waals surface area contributed by atoms with Crippen LogP contribution < -0.4 is 5.32 Å². The molecular weight excluding hydrogens is 330 g/mol. The smallest absolute Gasteiger partial charge is 0.230 e. The number of carbonyl (C=O) groups is 1. The fourth-order valence-corrected chi connectivity index (χ4v) is 3.92. The van der Waals surface area contributed by atoms with Crippen LogP contribution in [0.1, 0.15) is 41.9 Å².